The third kappa shape index (κ3) is 4.31. The van der Waals surface area contributed by atoms with E-state index < -0.39 is 11.7 Å². The summed E-state index contributed by atoms with van der Waals surface area (Å²) in [4.78, 5) is 15.8. The zero-order chi connectivity index (χ0) is 15.2. The quantitative estimate of drug-likeness (QED) is 0.856. The molecule has 0 spiro atoms. The zero-order valence-electron chi connectivity index (χ0n) is 10.8. The van der Waals surface area contributed by atoms with Gasteiger partial charge in [0.05, 0.1) is 22.2 Å². The summed E-state index contributed by atoms with van der Waals surface area (Å²) in [6, 6.07) is 7.31. The molecule has 0 saturated heterocycles. The summed E-state index contributed by atoms with van der Waals surface area (Å²) in [6.07, 6.45) is 1.45. The lowest BCUT2D eigenvalue weighted by Crippen LogP contribution is -2.29. The second-order valence-electron chi connectivity index (χ2n) is 4.02. The monoisotopic (exact) mass is 328 g/mol. The second-order valence-corrected chi connectivity index (χ2v) is 4.86. The topological polar surface area (TPSA) is 51.2 Å². The summed E-state index contributed by atoms with van der Waals surface area (Å²) in [5, 5.41) is 3.09. The van der Waals surface area contributed by atoms with Gasteiger partial charge in [-0.25, -0.2) is 9.37 Å². The van der Waals surface area contributed by atoms with Crippen LogP contribution in [0, 0.1) is 5.82 Å². The Labute approximate surface area is 130 Å². The highest BCUT2D eigenvalue weighted by Crippen LogP contribution is 2.18. The normalized spacial score (nSPS) is 10.2. The van der Waals surface area contributed by atoms with Crippen LogP contribution in [0.2, 0.25) is 10.0 Å². The number of hydrogen-bond donors (Lipinski definition) is 1. The van der Waals surface area contributed by atoms with Crippen LogP contribution in [0.3, 0.4) is 0 Å². The summed E-state index contributed by atoms with van der Waals surface area (Å²) in [7, 11) is 0. The lowest BCUT2D eigenvalue weighted by atomic mass is 10.2. The SMILES string of the molecule is O=C(NCCOc1ccc(Cl)cn1)c1c(F)cccc1Cl. The van der Waals surface area contributed by atoms with E-state index in [1.165, 1.54) is 24.4 Å². The predicted molar refractivity (Wildman–Crippen MR) is 78.5 cm³/mol. The van der Waals surface area contributed by atoms with Crippen molar-refractivity contribution in [3.63, 3.8) is 0 Å². The van der Waals surface area contributed by atoms with Crippen LogP contribution in [0.1, 0.15) is 10.4 Å². The summed E-state index contributed by atoms with van der Waals surface area (Å²) in [5.41, 5.74) is -0.177. The van der Waals surface area contributed by atoms with Gasteiger partial charge < -0.3 is 10.1 Å². The van der Waals surface area contributed by atoms with Crippen molar-refractivity contribution in [2.75, 3.05) is 13.2 Å². The van der Waals surface area contributed by atoms with Crippen LogP contribution in [0.5, 0.6) is 5.88 Å². The number of carbonyl (C=O) groups excluding carboxylic acids is 1. The van der Waals surface area contributed by atoms with Crippen molar-refractivity contribution in [2.45, 2.75) is 0 Å². The highest BCUT2D eigenvalue weighted by Gasteiger charge is 2.14. The molecular weight excluding hydrogens is 318 g/mol. The molecule has 7 heteroatoms. The molecule has 4 nitrogen and oxygen atoms in total. The minimum atomic E-state index is -0.666. The average molecular weight is 329 g/mol. The summed E-state index contributed by atoms with van der Waals surface area (Å²) in [6.45, 7) is 0.375. The number of ether oxygens (including phenoxy) is 1. The van der Waals surface area contributed by atoms with E-state index in [0.717, 1.165) is 0 Å². The van der Waals surface area contributed by atoms with Crippen molar-refractivity contribution < 1.29 is 13.9 Å². The minimum Gasteiger partial charge on any atom is -0.476 e. The van der Waals surface area contributed by atoms with Crippen molar-refractivity contribution in [3.8, 4) is 5.88 Å². The van der Waals surface area contributed by atoms with Crippen LogP contribution in [-0.2, 0) is 0 Å². The molecule has 0 atom stereocenters. The number of nitrogens with one attached hydrogen (secondary N) is 1. The third-order valence-corrected chi connectivity index (χ3v) is 3.07. The lowest BCUT2D eigenvalue weighted by molar-refractivity contribution is 0.0942. The standard InChI is InChI=1S/C14H11Cl2FN2O2/c15-9-4-5-12(19-8-9)21-7-6-18-14(20)13-10(16)2-1-3-11(13)17/h1-5,8H,6-7H2,(H,18,20). The molecule has 0 unspecified atom stereocenters. The Morgan fingerprint density at radius 1 is 1.29 bits per heavy atom. The van der Waals surface area contributed by atoms with Gasteiger partial charge in [0.15, 0.2) is 0 Å². The van der Waals surface area contributed by atoms with E-state index in [9.17, 15) is 9.18 Å². The number of rotatable bonds is 5. The number of halogens is 3. The van der Waals surface area contributed by atoms with Crippen LogP contribution in [0.15, 0.2) is 36.5 Å². The van der Waals surface area contributed by atoms with Crippen molar-refractivity contribution in [1.82, 2.24) is 10.3 Å². The van der Waals surface area contributed by atoms with Gasteiger partial charge >= 0.3 is 0 Å². The zero-order valence-corrected chi connectivity index (χ0v) is 12.3. The Morgan fingerprint density at radius 3 is 2.76 bits per heavy atom. The predicted octanol–water partition coefficient (Wildman–Crippen LogP) is 3.34. The van der Waals surface area contributed by atoms with E-state index in [1.54, 1.807) is 12.1 Å². The summed E-state index contributed by atoms with van der Waals surface area (Å²) >= 11 is 11.5. The number of hydrogen-bond acceptors (Lipinski definition) is 3. The van der Waals surface area contributed by atoms with Crippen LogP contribution in [0.4, 0.5) is 4.39 Å². The van der Waals surface area contributed by atoms with Gasteiger partial charge in [-0.1, -0.05) is 29.3 Å². The highest BCUT2D eigenvalue weighted by atomic mass is 35.5. The largest absolute Gasteiger partial charge is 0.476 e. The van der Waals surface area contributed by atoms with Crippen LogP contribution in [-0.4, -0.2) is 24.0 Å². The molecule has 0 aliphatic heterocycles. The molecule has 110 valence electrons. The van der Waals surface area contributed by atoms with E-state index in [0.29, 0.717) is 10.9 Å². The molecule has 0 fully saturated rings. The highest BCUT2D eigenvalue weighted by molar-refractivity contribution is 6.33. The van der Waals surface area contributed by atoms with E-state index in [4.69, 9.17) is 27.9 Å². The first-order valence-corrected chi connectivity index (χ1v) is 6.80. The van der Waals surface area contributed by atoms with Gasteiger partial charge in [-0.3, -0.25) is 4.79 Å². The molecule has 1 amide bonds. The Balaban J connectivity index is 1.83. The van der Waals surface area contributed by atoms with Gasteiger partial charge in [-0.2, -0.15) is 0 Å². The number of nitrogens with zero attached hydrogens (tertiary/aromatic N) is 1. The molecule has 0 saturated carbocycles. The molecular formula is C14H11Cl2FN2O2. The summed E-state index contributed by atoms with van der Waals surface area (Å²) < 4.78 is 18.8. The smallest absolute Gasteiger partial charge is 0.255 e. The molecule has 0 aliphatic carbocycles. The van der Waals surface area contributed by atoms with Gasteiger partial charge in [0.1, 0.15) is 12.4 Å². The van der Waals surface area contributed by atoms with E-state index in [2.05, 4.69) is 10.3 Å². The van der Waals surface area contributed by atoms with E-state index in [-0.39, 0.29) is 23.7 Å². The number of aromatic nitrogens is 1. The Morgan fingerprint density at radius 2 is 2.10 bits per heavy atom. The fraction of sp³-hybridized carbons (Fsp3) is 0.143. The van der Waals surface area contributed by atoms with Crippen LogP contribution in [0.25, 0.3) is 0 Å². The van der Waals surface area contributed by atoms with Crippen molar-refractivity contribution >= 4 is 29.1 Å². The molecule has 1 N–H and O–H groups in total. The van der Waals surface area contributed by atoms with E-state index >= 15 is 0 Å². The molecule has 21 heavy (non-hydrogen) atoms. The van der Waals surface area contributed by atoms with Gasteiger partial charge in [-0.15, -0.1) is 0 Å². The number of benzene rings is 1. The average Bonchev–Trinajstić information content (AvgIpc) is 2.45. The fourth-order valence-electron chi connectivity index (χ4n) is 1.57. The van der Waals surface area contributed by atoms with Crippen molar-refractivity contribution in [1.29, 1.82) is 0 Å². The van der Waals surface area contributed by atoms with Crippen LogP contribution < -0.4 is 10.1 Å². The molecule has 1 aromatic carbocycles. The molecule has 1 aromatic heterocycles. The van der Waals surface area contributed by atoms with Crippen molar-refractivity contribution in [3.05, 3.63) is 58.0 Å². The first-order valence-electron chi connectivity index (χ1n) is 6.04. The summed E-state index contributed by atoms with van der Waals surface area (Å²) in [5.74, 6) is -0.872. The molecule has 0 aliphatic rings. The van der Waals surface area contributed by atoms with Crippen LogP contribution >= 0.6 is 23.2 Å². The van der Waals surface area contributed by atoms with Crippen molar-refractivity contribution in [2.24, 2.45) is 0 Å². The van der Waals surface area contributed by atoms with Gasteiger partial charge in [0, 0.05) is 12.3 Å². The molecule has 2 aromatic rings. The Bertz CT molecular complexity index is 615. The minimum absolute atomic E-state index is 0.0628. The Hall–Kier alpha value is -1.85. The maximum atomic E-state index is 13.5. The van der Waals surface area contributed by atoms with E-state index in [1.807, 2.05) is 0 Å². The molecule has 2 rings (SSSR count). The Kier molecular flexibility index (Phi) is 5.36. The number of pyridine rings is 1. The number of carbonyl (C=O) groups is 1. The first-order chi connectivity index (χ1) is 10.1. The number of amides is 1. The molecule has 0 bridgehead atoms. The first kappa shape index (κ1) is 15.5. The fourth-order valence-corrected chi connectivity index (χ4v) is 1.93. The molecule has 0 radical (unpaired) electrons. The third-order valence-electron chi connectivity index (χ3n) is 2.53. The maximum Gasteiger partial charge on any atom is 0.255 e. The van der Waals surface area contributed by atoms with Gasteiger partial charge in [0.25, 0.3) is 5.91 Å². The second kappa shape index (κ2) is 7.24. The van der Waals surface area contributed by atoms with Gasteiger partial charge in [0.2, 0.25) is 5.88 Å². The molecule has 1 heterocycles. The maximum absolute atomic E-state index is 13.5. The van der Waals surface area contributed by atoms with Gasteiger partial charge in [-0.05, 0) is 18.2 Å². The lowest BCUT2D eigenvalue weighted by Gasteiger charge is -2.08.